The van der Waals surface area contributed by atoms with Gasteiger partial charge in [0.25, 0.3) is 0 Å². The predicted molar refractivity (Wildman–Crippen MR) is 64.7 cm³/mol. The van der Waals surface area contributed by atoms with Gasteiger partial charge in [0.2, 0.25) is 0 Å². The zero-order valence-corrected chi connectivity index (χ0v) is 9.99. The van der Waals surface area contributed by atoms with Crippen LogP contribution < -0.4 is 0 Å². The number of benzene rings is 1. The van der Waals surface area contributed by atoms with Gasteiger partial charge in [0.1, 0.15) is 5.69 Å². The number of aromatic carboxylic acids is 1. The van der Waals surface area contributed by atoms with Crippen LogP contribution in [0.5, 0.6) is 0 Å². The molecule has 16 heavy (non-hydrogen) atoms. The summed E-state index contributed by atoms with van der Waals surface area (Å²) in [4.78, 5) is 13.9. The number of carboxylic acids is 1. The van der Waals surface area contributed by atoms with Crippen LogP contribution in [0.3, 0.4) is 0 Å². The number of aromatic nitrogens is 1. The first-order valence-corrected chi connectivity index (χ1v) is 5.53. The summed E-state index contributed by atoms with van der Waals surface area (Å²) in [7, 11) is 0. The van der Waals surface area contributed by atoms with Gasteiger partial charge in [-0.1, -0.05) is 30.1 Å². The standard InChI is InChI=1S/C11H9Cl2NO2/c1-2-6-9-7(13)3-5(12)4-8(9)14-10(6)11(15)16/h3-4,14H,2H2,1H3,(H,15,16). The number of H-pyrrole nitrogens is 1. The van der Waals surface area contributed by atoms with E-state index in [1.54, 1.807) is 12.1 Å². The van der Waals surface area contributed by atoms with E-state index in [0.717, 1.165) is 5.39 Å². The number of hydrogen-bond donors (Lipinski definition) is 2. The summed E-state index contributed by atoms with van der Waals surface area (Å²) in [5, 5.41) is 10.8. The molecule has 0 spiro atoms. The molecule has 0 amide bonds. The van der Waals surface area contributed by atoms with Gasteiger partial charge in [0.05, 0.1) is 5.02 Å². The van der Waals surface area contributed by atoms with E-state index < -0.39 is 5.97 Å². The largest absolute Gasteiger partial charge is 0.477 e. The number of carbonyl (C=O) groups is 1. The normalized spacial score (nSPS) is 10.9. The molecule has 0 bridgehead atoms. The average Bonchev–Trinajstić information content (AvgIpc) is 2.56. The summed E-state index contributed by atoms with van der Waals surface area (Å²) in [5.41, 5.74) is 1.55. The van der Waals surface area contributed by atoms with Crippen molar-refractivity contribution in [3.8, 4) is 0 Å². The third-order valence-corrected chi connectivity index (χ3v) is 3.00. The van der Waals surface area contributed by atoms with E-state index in [-0.39, 0.29) is 5.69 Å². The van der Waals surface area contributed by atoms with Gasteiger partial charge < -0.3 is 10.1 Å². The molecule has 0 saturated carbocycles. The summed E-state index contributed by atoms with van der Waals surface area (Å²) in [6.45, 7) is 1.89. The molecule has 2 N–H and O–H groups in total. The van der Waals surface area contributed by atoms with Gasteiger partial charge in [-0.15, -0.1) is 0 Å². The zero-order chi connectivity index (χ0) is 11.9. The van der Waals surface area contributed by atoms with Crippen LogP contribution in [0, 0.1) is 0 Å². The molecular formula is C11H9Cl2NO2. The van der Waals surface area contributed by atoms with Crippen LogP contribution in [0.25, 0.3) is 10.9 Å². The van der Waals surface area contributed by atoms with E-state index in [0.29, 0.717) is 27.5 Å². The maximum atomic E-state index is 11.0. The fraction of sp³-hybridized carbons (Fsp3) is 0.182. The molecule has 0 unspecified atom stereocenters. The Bertz CT molecular complexity index is 575. The number of hydrogen-bond acceptors (Lipinski definition) is 1. The van der Waals surface area contributed by atoms with E-state index in [4.69, 9.17) is 28.3 Å². The Morgan fingerprint density at radius 2 is 2.12 bits per heavy atom. The van der Waals surface area contributed by atoms with E-state index in [2.05, 4.69) is 4.98 Å². The Balaban J connectivity index is 2.87. The molecule has 84 valence electrons. The van der Waals surface area contributed by atoms with Crippen molar-refractivity contribution in [3.05, 3.63) is 33.4 Å². The Morgan fingerprint density at radius 3 is 2.69 bits per heavy atom. The monoisotopic (exact) mass is 257 g/mol. The second kappa shape index (κ2) is 4.00. The highest BCUT2D eigenvalue weighted by Crippen LogP contribution is 2.32. The molecule has 3 nitrogen and oxygen atoms in total. The summed E-state index contributed by atoms with van der Waals surface area (Å²) < 4.78 is 0. The number of rotatable bonds is 2. The predicted octanol–water partition coefficient (Wildman–Crippen LogP) is 3.74. The molecule has 0 aliphatic carbocycles. The van der Waals surface area contributed by atoms with Gasteiger partial charge in [-0.2, -0.15) is 0 Å². The number of fused-ring (bicyclic) bond motifs is 1. The lowest BCUT2D eigenvalue weighted by Crippen LogP contribution is -2.00. The lowest BCUT2D eigenvalue weighted by atomic mass is 10.1. The third kappa shape index (κ3) is 1.66. The fourth-order valence-corrected chi connectivity index (χ4v) is 2.46. The van der Waals surface area contributed by atoms with Gasteiger partial charge in [0, 0.05) is 15.9 Å². The Morgan fingerprint density at radius 1 is 1.44 bits per heavy atom. The maximum absolute atomic E-state index is 11.0. The van der Waals surface area contributed by atoms with E-state index in [1.165, 1.54) is 0 Å². The topological polar surface area (TPSA) is 53.1 Å². The van der Waals surface area contributed by atoms with E-state index in [1.807, 2.05) is 6.92 Å². The van der Waals surface area contributed by atoms with Gasteiger partial charge in [-0.3, -0.25) is 0 Å². The molecule has 0 aliphatic heterocycles. The van der Waals surface area contributed by atoms with Crippen LogP contribution in [0.4, 0.5) is 0 Å². The highest BCUT2D eigenvalue weighted by molar-refractivity contribution is 6.39. The van der Waals surface area contributed by atoms with Crippen molar-refractivity contribution in [3.63, 3.8) is 0 Å². The van der Waals surface area contributed by atoms with Gasteiger partial charge >= 0.3 is 5.97 Å². The number of aromatic amines is 1. The first-order chi connectivity index (χ1) is 7.54. The van der Waals surface area contributed by atoms with Crippen LogP contribution in [-0.4, -0.2) is 16.1 Å². The highest BCUT2D eigenvalue weighted by atomic mass is 35.5. The van der Waals surface area contributed by atoms with Gasteiger partial charge in [-0.05, 0) is 24.1 Å². The van der Waals surface area contributed by atoms with Crippen molar-refractivity contribution in [1.29, 1.82) is 0 Å². The van der Waals surface area contributed by atoms with Crippen molar-refractivity contribution in [1.82, 2.24) is 4.98 Å². The lowest BCUT2D eigenvalue weighted by Gasteiger charge is -1.99. The molecule has 0 atom stereocenters. The van der Waals surface area contributed by atoms with Gasteiger partial charge in [0.15, 0.2) is 0 Å². The maximum Gasteiger partial charge on any atom is 0.352 e. The van der Waals surface area contributed by atoms with Crippen LogP contribution >= 0.6 is 23.2 Å². The number of halogens is 2. The molecule has 0 aliphatic rings. The first-order valence-electron chi connectivity index (χ1n) is 4.77. The highest BCUT2D eigenvalue weighted by Gasteiger charge is 2.17. The molecule has 2 aromatic rings. The van der Waals surface area contributed by atoms with E-state index in [9.17, 15) is 4.79 Å². The molecule has 0 radical (unpaired) electrons. The fourth-order valence-electron chi connectivity index (χ4n) is 1.85. The minimum atomic E-state index is -0.986. The Labute approximate surface area is 102 Å². The smallest absolute Gasteiger partial charge is 0.352 e. The minimum absolute atomic E-state index is 0.182. The quantitative estimate of drug-likeness (QED) is 0.862. The Kier molecular flexibility index (Phi) is 2.82. The average molecular weight is 258 g/mol. The minimum Gasteiger partial charge on any atom is -0.477 e. The van der Waals surface area contributed by atoms with Crippen molar-refractivity contribution in [2.24, 2.45) is 0 Å². The van der Waals surface area contributed by atoms with Crippen molar-refractivity contribution in [2.75, 3.05) is 0 Å². The van der Waals surface area contributed by atoms with Crippen molar-refractivity contribution in [2.45, 2.75) is 13.3 Å². The van der Waals surface area contributed by atoms with Crippen LogP contribution in [0.15, 0.2) is 12.1 Å². The molecule has 5 heteroatoms. The second-order valence-electron chi connectivity index (χ2n) is 3.45. The molecule has 0 saturated heterocycles. The summed E-state index contributed by atoms with van der Waals surface area (Å²) in [6.07, 6.45) is 0.600. The zero-order valence-electron chi connectivity index (χ0n) is 8.47. The SMILES string of the molecule is CCc1c(C(=O)O)[nH]c2cc(Cl)cc(Cl)c12. The van der Waals surface area contributed by atoms with Crippen molar-refractivity contribution >= 4 is 40.1 Å². The number of carboxylic acid groups (broad SMARTS) is 1. The molecule has 1 aromatic heterocycles. The third-order valence-electron chi connectivity index (χ3n) is 2.49. The summed E-state index contributed by atoms with van der Waals surface area (Å²) in [6, 6.07) is 3.29. The lowest BCUT2D eigenvalue weighted by molar-refractivity contribution is 0.0690. The number of nitrogens with one attached hydrogen (secondary N) is 1. The second-order valence-corrected chi connectivity index (χ2v) is 4.29. The molecule has 0 fully saturated rings. The van der Waals surface area contributed by atoms with Crippen LogP contribution in [0.2, 0.25) is 10.0 Å². The molecular weight excluding hydrogens is 249 g/mol. The summed E-state index contributed by atoms with van der Waals surface area (Å²) >= 11 is 11.9. The van der Waals surface area contributed by atoms with Crippen LogP contribution in [0.1, 0.15) is 23.0 Å². The van der Waals surface area contributed by atoms with Crippen LogP contribution in [-0.2, 0) is 6.42 Å². The number of aryl methyl sites for hydroxylation is 1. The summed E-state index contributed by atoms with van der Waals surface area (Å²) in [5.74, 6) is -0.986. The molecule has 1 aromatic carbocycles. The van der Waals surface area contributed by atoms with Gasteiger partial charge in [-0.25, -0.2) is 4.79 Å². The van der Waals surface area contributed by atoms with Crippen molar-refractivity contribution < 1.29 is 9.90 Å². The first kappa shape index (κ1) is 11.3. The molecule has 2 rings (SSSR count). The molecule has 1 heterocycles. The Hall–Kier alpha value is -1.19. The van der Waals surface area contributed by atoms with E-state index >= 15 is 0 Å².